The molecule has 1 aromatic carbocycles. The Hall–Kier alpha value is -1.56. The highest BCUT2D eigenvalue weighted by Gasteiger charge is 2.54. The maximum absolute atomic E-state index is 11.8. The molecule has 1 N–H and O–H groups in total. The fraction of sp³-hybridized carbons (Fsp3) is 0.562. The first kappa shape index (κ1) is 15.3. The molecule has 22 heavy (non-hydrogen) atoms. The summed E-state index contributed by atoms with van der Waals surface area (Å²) in [5.74, 6) is -0.410. The molecule has 3 rings (SSSR count). The van der Waals surface area contributed by atoms with Gasteiger partial charge in [-0.15, -0.1) is 0 Å². The van der Waals surface area contributed by atoms with Crippen molar-refractivity contribution in [2.75, 3.05) is 23.7 Å². The molecule has 2 aliphatic rings. The van der Waals surface area contributed by atoms with Gasteiger partial charge in [-0.2, -0.15) is 0 Å². The molecular weight excluding hydrogens is 302 g/mol. The van der Waals surface area contributed by atoms with Gasteiger partial charge in [0.2, 0.25) is 0 Å². The molecule has 1 saturated carbocycles. The largest absolute Gasteiger partial charge is 0.481 e. The molecule has 0 aromatic heterocycles. The minimum Gasteiger partial charge on any atom is -0.481 e. The third-order valence-electron chi connectivity index (χ3n) is 5.24. The van der Waals surface area contributed by atoms with Gasteiger partial charge >= 0.3 is 5.97 Å². The van der Waals surface area contributed by atoms with Crippen LogP contribution in [0.2, 0.25) is 0 Å². The van der Waals surface area contributed by atoms with Crippen molar-refractivity contribution in [2.24, 2.45) is 11.3 Å². The molecule has 1 aliphatic carbocycles. The second kappa shape index (κ2) is 5.26. The van der Waals surface area contributed by atoms with E-state index >= 15 is 0 Å². The first-order valence-corrected chi connectivity index (χ1v) is 9.35. The predicted octanol–water partition coefficient (Wildman–Crippen LogP) is 2.17. The number of carboxylic acid groups (broad SMARTS) is 1. The van der Waals surface area contributed by atoms with E-state index in [0.717, 1.165) is 31.5 Å². The van der Waals surface area contributed by atoms with Gasteiger partial charge in [-0.1, -0.05) is 13.3 Å². The van der Waals surface area contributed by atoms with Crippen molar-refractivity contribution < 1.29 is 18.3 Å². The smallest absolute Gasteiger partial charge is 0.311 e. The lowest BCUT2D eigenvalue weighted by atomic mass is 9.81. The normalized spacial score (nSPS) is 27.9. The molecule has 1 heterocycles. The van der Waals surface area contributed by atoms with Crippen LogP contribution in [0, 0.1) is 11.3 Å². The molecule has 0 amide bonds. The molecule has 2 atom stereocenters. The van der Waals surface area contributed by atoms with Crippen LogP contribution in [0.1, 0.15) is 26.2 Å². The van der Waals surface area contributed by atoms with Gasteiger partial charge in [0, 0.05) is 18.8 Å². The Labute approximate surface area is 130 Å². The molecule has 0 radical (unpaired) electrons. The zero-order valence-electron chi connectivity index (χ0n) is 12.7. The van der Waals surface area contributed by atoms with Crippen LogP contribution in [-0.2, 0) is 14.6 Å². The first-order valence-electron chi connectivity index (χ1n) is 7.70. The van der Waals surface area contributed by atoms with E-state index in [1.807, 2.05) is 0 Å². The van der Waals surface area contributed by atoms with Crippen LogP contribution >= 0.6 is 0 Å². The summed E-state index contributed by atoms with van der Waals surface area (Å²) in [5.41, 5.74) is 0.291. The van der Waals surface area contributed by atoms with E-state index in [1.165, 1.54) is 0 Å². The Morgan fingerprint density at radius 2 is 2.05 bits per heavy atom. The topological polar surface area (TPSA) is 74.7 Å². The molecule has 1 aromatic rings. The third-order valence-corrected chi connectivity index (χ3v) is 6.99. The standard InChI is InChI=1S/C16H21NO4S/c1-2-22(20,21)14-7-5-13(6-8-14)17-10-12-4-3-9-16(12,11-17)15(18)19/h5-8,12H,2-4,9-11H2,1H3,(H,18,19)/t12-,16+/m0/s1. The number of carbonyl (C=O) groups is 1. The van der Waals surface area contributed by atoms with Gasteiger partial charge in [0.15, 0.2) is 9.84 Å². The second-order valence-electron chi connectivity index (χ2n) is 6.33. The van der Waals surface area contributed by atoms with E-state index in [9.17, 15) is 18.3 Å². The number of rotatable bonds is 4. The molecule has 6 heteroatoms. The average molecular weight is 323 g/mol. The molecule has 0 spiro atoms. The van der Waals surface area contributed by atoms with Crippen LogP contribution in [-0.4, -0.2) is 38.3 Å². The lowest BCUT2D eigenvalue weighted by molar-refractivity contribution is -0.149. The van der Waals surface area contributed by atoms with Gasteiger partial charge in [0.05, 0.1) is 16.1 Å². The van der Waals surface area contributed by atoms with Gasteiger partial charge in [-0.3, -0.25) is 4.79 Å². The summed E-state index contributed by atoms with van der Waals surface area (Å²) >= 11 is 0. The zero-order valence-corrected chi connectivity index (χ0v) is 13.5. The van der Waals surface area contributed by atoms with Crippen LogP contribution in [0.4, 0.5) is 5.69 Å². The van der Waals surface area contributed by atoms with Crippen molar-refractivity contribution in [3.63, 3.8) is 0 Å². The van der Waals surface area contributed by atoms with Gasteiger partial charge in [0.25, 0.3) is 0 Å². The van der Waals surface area contributed by atoms with Crippen LogP contribution in [0.3, 0.4) is 0 Å². The highest BCUT2D eigenvalue weighted by Crippen LogP contribution is 2.49. The van der Waals surface area contributed by atoms with E-state index < -0.39 is 21.2 Å². The van der Waals surface area contributed by atoms with Crippen LogP contribution < -0.4 is 4.90 Å². The molecule has 1 saturated heterocycles. The summed E-state index contributed by atoms with van der Waals surface area (Å²) in [7, 11) is -3.19. The summed E-state index contributed by atoms with van der Waals surface area (Å²) in [4.78, 5) is 14.1. The van der Waals surface area contributed by atoms with E-state index in [1.54, 1.807) is 31.2 Å². The highest BCUT2D eigenvalue weighted by molar-refractivity contribution is 7.91. The maximum Gasteiger partial charge on any atom is 0.311 e. The lowest BCUT2D eigenvalue weighted by Crippen LogP contribution is -2.35. The van der Waals surface area contributed by atoms with Crippen LogP contribution in [0.25, 0.3) is 0 Å². The minimum absolute atomic E-state index is 0.0836. The lowest BCUT2D eigenvalue weighted by Gasteiger charge is -2.24. The SMILES string of the molecule is CCS(=O)(=O)c1ccc(N2C[C@@H]3CCC[C@@]3(C(=O)O)C2)cc1. The maximum atomic E-state index is 11.8. The molecule has 120 valence electrons. The number of benzene rings is 1. The van der Waals surface area contributed by atoms with E-state index in [-0.39, 0.29) is 11.7 Å². The van der Waals surface area contributed by atoms with Gasteiger partial charge in [-0.05, 0) is 43.0 Å². The fourth-order valence-corrected chi connectivity index (χ4v) is 4.75. The summed E-state index contributed by atoms with van der Waals surface area (Å²) in [6.07, 6.45) is 2.69. The van der Waals surface area contributed by atoms with Crippen LogP contribution in [0.5, 0.6) is 0 Å². The van der Waals surface area contributed by atoms with Crippen molar-refractivity contribution in [1.29, 1.82) is 0 Å². The van der Waals surface area contributed by atoms with Gasteiger partial charge in [0.1, 0.15) is 0 Å². The van der Waals surface area contributed by atoms with Gasteiger partial charge < -0.3 is 10.0 Å². The molecule has 1 aliphatic heterocycles. The van der Waals surface area contributed by atoms with Gasteiger partial charge in [-0.25, -0.2) is 8.42 Å². The summed E-state index contributed by atoms with van der Waals surface area (Å²) in [6.45, 7) is 2.89. The number of fused-ring (bicyclic) bond motifs is 1. The number of nitrogens with zero attached hydrogens (tertiary/aromatic N) is 1. The second-order valence-corrected chi connectivity index (χ2v) is 8.61. The Balaban J connectivity index is 1.84. The first-order chi connectivity index (χ1) is 10.4. The highest BCUT2D eigenvalue weighted by atomic mass is 32.2. The van der Waals surface area contributed by atoms with Crippen molar-refractivity contribution in [2.45, 2.75) is 31.1 Å². The molecular formula is C16H21NO4S. The Bertz CT molecular complexity index is 683. The number of anilines is 1. The Kier molecular flexibility index (Phi) is 3.67. The number of hydrogen-bond acceptors (Lipinski definition) is 4. The van der Waals surface area contributed by atoms with E-state index in [2.05, 4.69) is 4.90 Å². The number of sulfone groups is 1. The number of hydrogen-bond donors (Lipinski definition) is 1. The van der Waals surface area contributed by atoms with Crippen molar-refractivity contribution in [1.82, 2.24) is 0 Å². The Morgan fingerprint density at radius 3 is 2.59 bits per heavy atom. The minimum atomic E-state index is -3.19. The number of carboxylic acids is 1. The predicted molar refractivity (Wildman–Crippen MR) is 83.8 cm³/mol. The monoisotopic (exact) mass is 323 g/mol. The molecule has 0 bridgehead atoms. The van der Waals surface area contributed by atoms with E-state index in [0.29, 0.717) is 11.4 Å². The summed E-state index contributed by atoms with van der Waals surface area (Å²) < 4.78 is 23.7. The quantitative estimate of drug-likeness (QED) is 0.919. The van der Waals surface area contributed by atoms with E-state index in [4.69, 9.17) is 0 Å². The van der Waals surface area contributed by atoms with Crippen LogP contribution in [0.15, 0.2) is 29.2 Å². The summed E-state index contributed by atoms with van der Waals surface area (Å²) in [5, 5.41) is 9.62. The molecule has 5 nitrogen and oxygen atoms in total. The van der Waals surface area contributed by atoms with Crippen molar-refractivity contribution in [3.8, 4) is 0 Å². The summed E-state index contributed by atoms with van der Waals surface area (Å²) in [6, 6.07) is 6.82. The average Bonchev–Trinajstić information content (AvgIpc) is 3.05. The van der Waals surface area contributed by atoms with Crippen molar-refractivity contribution in [3.05, 3.63) is 24.3 Å². The fourth-order valence-electron chi connectivity index (χ4n) is 3.87. The number of aliphatic carboxylic acids is 1. The Morgan fingerprint density at radius 1 is 1.36 bits per heavy atom. The molecule has 0 unspecified atom stereocenters. The zero-order chi connectivity index (χ0) is 16.0. The third kappa shape index (κ3) is 2.29. The molecule has 2 fully saturated rings. The van der Waals surface area contributed by atoms with Crippen molar-refractivity contribution >= 4 is 21.5 Å².